The van der Waals surface area contributed by atoms with Gasteiger partial charge in [0.15, 0.2) is 11.5 Å². The van der Waals surface area contributed by atoms with Gasteiger partial charge in [-0.3, -0.25) is 9.97 Å². The van der Waals surface area contributed by atoms with E-state index in [4.69, 9.17) is 21.6 Å². The predicted molar refractivity (Wildman–Crippen MR) is 101 cm³/mol. The van der Waals surface area contributed by atoms with Gasteiger partial charge in [0.25, 0.3) is 0 Å². The number of nitriles is 1. The number of fused-ring (bicyclic) bond motifs is 2. The molecular weight excluding hydrogens is 350 g/mol. The summed E-state index contributed by atoms with van der Waals surface area (Å²) in [5.41, 5.74) is 1.99. The standard InChI is InChI=1S/C10H5ClN2.C10H9NO2/c11-10-7(5-12)6-13-9-4-2-1-3-8(9)10;1-13-10-5-7-3-2-4-11-8(7)6-9(10)12/h1-4,6H;2-6,12H,1H3. The first kappa shape index (κ1) is 17.5. The molecule has 5 nitrogen and oxygen atoms in total. The highest BCUT2D eigenvalue weighted by Gasteiger charge is 2.04. The zero-order chi connectivity index (χ0) is 18.5. The van der Waals surface area contributed by atoms with Crippen LogP contribution in [0.3, 0.4) is 0 Å². The first-order valence-electron chi connectivity index (χ1n) is 7.69. The van der Waals surface area contributed by atoms with Gasteiger partial charge in [0.1, 0.15) is 6.07 Å². The van der Waals surface area contributed by atoms with Crippen molar-refractivity contribution >= 4 is 33.4 Å². The number of methoxy groups -OCH3 is 1. The van der Waals surface area contributed by atoms with E-state index in [1.165, 1.54) is 13.3 Å². The maximum atomic E-state index is 9.44. The number of aromatic nitrogens is 2. The van der Waals surface area contributed by atoms with Crippen LogP contribution in [0.2, 0.25) is 5.02 Å². The Balaban J connectivity index is 0.000000151. The minimum absolute atomic E-state index is 0.119. The van der Waals surface area contributed by atoms with Crippen molar-refractivity contribution in [2.75, 3.05) is 7.11 Å². The maximum Gasteiger partial charge on any atom is 0.161 e. The summed E-state index contributed by atoms with van der Waals surface area (Å²) in [5.74, 6) is 0.592. The van der Waals surface area contributed by atoms with E-state index in [-0.39, 0.29) is 5.75 Å². The van der Waals surface area contributed by atoms with Gasteiger partial charge in [-0.15, -0.1) is 0 Å². The molecule has 0 spiro atoms. The second-order valence-corrected chi connectivity index (χ2v) is 5.71. The monoisotopic (exact) mass is 363 g/mol. The lowest BCUT2D eigenvalue weighted by Gasteiger charge is -2.04. The fourth-order valence-electron chi connectivity index (χ4n) is 2.44. The molecule has 26 heavy (non-hydrogen) atoms. The molecule has 0 aliphatic heterocycles. The fraction of sp³-hybridized carbons (Fsp3) is 0.0500. The number of halogens is 1. The summed E-state index contributed by atoms with van der Waals surface area (Å²) in [5, 5.41) is 20.4. The van der Waals surface area contributed by atoms with Crippen LogP contribution in [-0.4, -0.2) is 22.2 Å². The molecule has 0 fully saturated rings. The molecule has 0 radical (unpaired) electrons. The molecule has 2 aromatic heterocycles. The van der Waals surface area contributed by atoms with Crippen LogP contribution in [0.1, 0.15) is 5.56 Å². The lowest BCUT2D eigenvalue weighted by Crippen LogP contribution is -1.84. The maximum absolute atomic E-state index is 9.44. The van der Waals surface area contributed by atoms with Crippen LogP contribution in [-0.2, 0) is 0 Å². The summed E-state index contributed by atoms with van der Waals surface area (Å²) in [7, 11) is 1.53. The van der Waals surface area contributed by atoms with Crippen LogP contribution in [0.15, 0.2) is 60.9 Å². The van der Waals surface area contributed by atoms with Crippen LogP contribution in [0.5, 0.6) is 11.5 Å². The van der Waals surface area contributed by atoms with E-state index >= 15 is 0 Å². The number of nitrogens with zero attached hydrogens (tertiary/aromatic N) is 3. The second kappa shape index (κ2) is 7.68. The quantitative estimate of drug-likeness (QED) is 0.529. The van der Waals surface area contributed by atoms with E-state index in [0.717, 1.165) is 21.8 Å². The number of aromatic hydroxyl groups is 1. The highest BCUT2D eigenvalue weighted by molar-refractivity contribution is 6.36. The van der Waals surface area contributed by atoms with Crippen LogP contribution in [0, 0.1) is 11.3 Å². The number of phenolic OH excluding ortho intramolecular Hbond substituents is 1. The highest BCUT2D eigenvalue weighted by atomic mass is 35.5. The Hall–Kier alpha value is -3.36. The van der Waals surface area contributed by atoms with Gasteiger partial charge < -0.3 is 9.84 Å². The molecule has 0 atom stereocenters. The SMILES string of the molecule is COc1cc2cccnc2cc1O.N#Cc1cnc2ccccc2c1Cl. The number of hydrogen-bond acceptors (Lipinski definition) is 5. The molecule has 0 amide bonds. The van der Waals surface area contributed by atoms with E-state index < -0.39 is 0 Å². The number of hydrogen-bond donors (Lipinski definition) is 1. The normalized spacial score (nSPS) is 10.0. The van der Waals surface area contributed by atoms with Crippen molar-refractivity contribution in [1.29, 1.82) is 5.26 Å². The van der Waals surface area contributed by atoms with E-state index in [0.29, 0.717) is 16.3 Å². The number of pyridine rings is 2. The zero-order valence-electron chi connectivity index (χ0n) is 13.8. The Kier molecular flexibility index (Phi) is 5.16. The Morgan fingerprint density at radius 2 is 1.88 bits per heavy atom. The molecule has 0 saturated heterocycles. The molecule has 0 aliphatic rings. The van der Waals surface area contributed by atoms with Gasteiger partial charge in [-0.25, -0.2) is 0 Å². The first-order chi connectivity index (χ1) is 12.6. The van der Waals surface area contributed by atoms with E-state index in [1.54, 1.807) is 18.3 Å². The lowest BCUT2D eigenvalue weighted by atomic mass is 10.2. The minimum Gasteiger partial charge on any atom is -0.504 e. The van der Waals surface area contributed by atoms with Gasteiger partial charge in [-0.1, -0.05) is 35.9 Å². The van der Waals surface area contributed by atoms with E-state index in [1.807, 2.05) is 42.5 Å². The number of ether oxygens (including phenoxy) is 1. The molecule has 1 N–H and O–H groups in total. The van der Waals surface area contributed by atoms with Crippen LogP contribution < -0.4 is 4.74 Å². The predicted octanol–water partition coefficient (Wildman–Crippen LogP) is 4.71. The van der Waals surface area contributed by atoms with Gasteiger partial charge in [0.05, 0.1) is 28.7 Å². The van der Waals surface area contributed by atoms with Crippen LogP contribution >= 0.6 is 11.6 Å². The smallest absolute Gasteiger partial charge is 0.161 e. The topological polar surface area (TPSA) is 79.0 Å². The van der Waals surface area contributed by atoms with Crippen molar-refractivity contribution in [1.82, 2.24) is 9.97 Å². The van der Waals surface area contributed by atoms with Crippen molar-refractivity contribution < 1.29 is 9.84 Å². The number of phenols is 1. The fourth-order valence-corrected chi connectivity index (χ4v) is 2.69. The van der Waals surface area contributed by atoms with Gasteiger partial charge in [0.2, 0.25) is 0 Å². The lowest BCUT2D eigenvalue weighted by molar-refractivity contribution is 0.374. The third kappa shape index (κ3) is 3.51. The molecule has 6 heteroatoms. The molecular formula is C20H14ClN3O2. The highest BCUT2D eigenvalue weighted by Crippen LogP contribution is 2.29. The largest absolute Gasteiger partial charge is 0.504 e. The molecule has 2 heterocycles. The molecule has 4 aromatic rings. The molecule has 2 aromatic carbocycles. The summed E-state index contributed by atoms with van der Waals surface area (Å²) in [6.07, 6.45) is 3.18. The molecule has 0 unspecified atom stereocenters. The molecule has 0 bridgehead atoms. The summed E-state index contributed by atoms with van der Waals surface area (Å²) in [6.45, 7) is 0. The van der Waals surface area contributed by atoms with Crippen molar-refractivity contribution in [3.63, 3.8) is 0 Å². The van der Waals surface area contributed by atoms with Gasteiger partial charge in [-0.05, 0) is 18.2 Å². The van der Waals surface area contributed by atoms with E-state index in [9.17, 15) is 5.11 Å². The van der Waals surface area contributed by atoms with Gasteiger partial charge >= 0.3 is 0 Å². The van der Waals surface area contributed by atoms with Crippen molar-refractivity contribution in [3.05, 3.63) is 71.5 Å². The average Bonchev–Trinajstić information content (AvgIpc) is 2.68. The van der Waals surface area contributed by atoms with Crippen molar-refractivity contribution in [2.24, 2.45) is 0 Å². The summed E-state index contributed by atoms with van der Waals surface area (Å²) < 4.78 is 4.98. The minimum atomic E-state index is 0.119. The van der Waals surface area contributed by atoms with Crippen molar-refractivity contribution in [2.45, 2.75) is 0 Å². The van der Waals surface area contributed by atoms with Crippen LogP contribution in [0.4, 0.5) is 0 Å². The third-order valence-electron chi connectivity index (χ3n) is 3.73. The van der Waals surface area contributed by atoms with Crippen LogP contribution in [0.25, 0.3) is 21.8 Å². The first-order valence-corrected chi connectivity index (χ1v) is 8.07. The molecule has 0 aliphatic carbocycles. The molecule has 0 saturated carbocycles. The van der Waals surface area contributed by atoms with Gasteiger partial charge in [-0.2, -0.15) is 5.26 Å². The number of benzene rings is 2. The summed E-state index contributed by atoms with van der Waals surface area (Å²) >= 11 is 5.98. The Bertz CT molecular complexity index is 1120. The zero-order valence-corrected chi connectivity index (χ0v) is 14.6. The Morgan fingerprint density at radius 1 is 1.08 bits per heavy atom. The molecule has 128 valence electrons. The summed E-state index contributed by atoms with van der Waals surface area (Å²) in [4.78, 5) is 8.21. The summed E-state index contributed by atoms with van der Waals surface area (Å²) in [6, 6.07) is 16.6. The number of rotatable bonds is 1. The van der Waals surface area contributed by atoms with Crippen molar-refractivity contribution in [3.8, 4) is 17.6 Å². The van der Waals surface area contributed by atoms with Gasteiger partial charge in [0, 0.05) is 29.2 Å². The third-order valence-corrected chi connectivity index (χ3v) is 4.14. The molecule has 4 rings (SSSR count). The average molecular weight is 364 g/mol. The Labute approximate surface area is 155 Å². The number of para-hydroxylation sites is 1. The Morgan fingerprint density at radius 3 is 2.65 bits per heavy atom. The second-order valence-electron chi connectivity index (χ2n) is 5.33. The van der Waals surface area contributed by atoms with E-state index in [2.05, 4.69) is 9.97 Å².